The monoisotopic (exact) mass is 604 g/mol. The van der Waals surface area contributed by atoms with Crippen LogP contribution in [-0.2, 0) is 6.54 Å². The van der Waals surface area contributed by atoms with Gasteiger partial charge in [0.15, 0.2) is 23.1 Å². The Labute approximate surface area is 249 Å². The third-order valence-electron chi connectivity index (χ3n) is 7.01. The molecule has 0 bridgehead atoms. The van der Waals surface area contributed by atoms with Crippen molar-refractivity contribution in [3.63, 3.8) is 0 Å². The predicted molar refractivity (Wildman–Crippen MR) is 159 cm³/mol. The van der Waals surface area contributed by atoms with Crippen LogP contribution in [0, 0.1) is 25.5 Å². The van der Waals surface area contributed by atoms with Gasteiger partial charge in [0.1, 0.15) is 23.6 Å². The second-order valence-corrected chi connectivity index (χ2v) is 9.75. The van der Waals surface area contributed by atoms with Gasteiger partial charge in [-0.1, -0.05) is 6.07 Å². The van der Waals surface area contributed by atoms with Crippen molar-refractivity contribution in [3.05, 3.63) is 99.6 Å². The number of hydrogen-bond acceptors (Lipinski definition) is 7. The Morgan fingerprint density at radius 2 is 1.75 bits per heavy atom. The summed E-state index contributed by atoms with van der Waals surface area (Å²) in [6.45, 7) is 2.28. The average Bonchev–Trinajstić information content (AvgIpc) is 2.99. The summed E-state index contributed by atoms with van der Waals surface area (Å²) in [5, 5.41) is 2.55. The van der Waals surface area contributed by atoms with Crippen LogP contribution in [0.3, 0.4) is 0 Å². The molecular formula is C32H27F3N4O5. The minimum atomic E-state index is -0.819. The number of aryl methyl sites for hydroxylation is 2. The Kier molecular flexibility index (Phi) is 8.52. The number of carbonyl (C=O) groups is 1. The van der Waals surface area contributed by atoms with Crippen LogP contribution < -0.4 is 25.0 Å². The normalized spacial score (nSPS) is 11.0. The number of methoxy groups -OCH3 is 2. The number of aromatic nitrogens is 3. The van der Waals surface area contributed by atoms with E-state index in [4.69, 9.17) is 14.2 Å². The highest BCUT2D eigenvalue weighted by Crippen LogP contribution is 2.35. The molecule has 9 nitrogen and oxygen atoms in total. The van der Waals surface area contributed by atoms with Crippen LogP contribution in [-0.4, -0.2) is 41.3 Å². The molecular weight excluding hydrogens is 577 g/mol. The molecule has 5 rings (SSSR count). The Bertz CT molecular complexity index is 1960. The summed E-state index contributed by atoms with van der Waals surface area (Å²) in [6, 6.07) is 10.8. The van der Waals surface area contributed by atoms with E-state index in [1.54, 1.807) is 13.0 Å². The molecule has 0 atom stereocenters. The van der Waals surface area contributed by atoms with Gasteiger partial charge in [-0.05, 0) is 49.2 Å². The van der Waals surface area contributed by atoms with E-state index in [1.165, 1.54) is 74.5 Å². The van der Waals surface area contributed by atoms with Crippen LogP contribution in [0.1, 0.15) is 21.6 Å². The minimum absolute atomic E-state index is 0.0446. The number of hydrogen-bond donors (Lipinski definition) is 1. The molecule has 0 radical (unpaired) electrons. The topological polar surface area (TPSA) is 105 Å². The maximum absolute atomic E-state index is 15.2. The van der Waals surface area contributed by atoms with Crippen LogP contribution in [0.2, 0.25) is 0 Å². The van der Waals surface area contributed by atoms with E-state index in [1.807, 2.05) is 0 Å². The Hall–Kier alpha value is -5.39. The number of fused-ring (bicyclic) bond motifs is 1. The molecule has 2 aromatic carbocycles. The van der Waals surface area contributed by atoms with Crippen LogP contribution in [0.5, 0.6) is 23.1 Å². The summed E-state index contributed by atoms with van der Waals surface area (Å²) in [5.41, 5.74) is 1.09. The number of nitrogens with one attached hydrogen (secondary N) is 1. The third-order valence-corrected chi connectivity index (χ3v) is 7.01. The SMILES string of the molecule is COc1cc2nccc(Oc3ccc(NC(=O)c4c(C)n(CCF)cc(-c5ccc(F)cc5C)c4=O)cc3F)c2nc1OC. The van der Waals surface area contributed by atoms with E-state index in [2.05, 4.69) is 15.3 Å². The zero-order chi connectivity index (χ0) is 31.5. The van der Waals surface area contributed by atoms with Crippen molar-refractivity contribution < 1.29 is 32.2 Å². The van der Waals surface area contributed by atoms with E-state index in [9.17, 15) is 18.4 Å². The molecule has 0 aliphatic carbocycles. The average molecular weight is 605 g/mol. The van der Waals surface area contributed by atoms with Gasteiger partial charge in [0.25, 0.3) is 11.8 Å². The van der Waals surface area contributed by atoms with E-state index in [0.717, 1.165) is 6.07 Å². The molecule has 3 heterocycles. The van der Waals surface area contributed by atoms with Gasteiger partial charge in [-0.3, -0.25) is 14.6 Å². The van der Waals surface area contributed by atoms with Crippen LogP contribution >= 0.6 is 0 Å². The van der Waals surface area contributed by atoms with Crippen LogP contribution in [0.15, 0.2) is 65.7 Å². The van der Waals surface area contributed by atoms with E-state index < -0.39 is 29.6 Å². The molecule has 5 aromatic rings. The molecule has 0 fully saturated rings. The van der Waals surface area contributed by atoms with E-state index in [-0.39, 0.29) is 46.4 Å². The first kappa shape index (κ1) is 30.1. The minimum Gasteiger partial charge on any atom is -0.491 e. The molecule has 0 saturated heterocycles. The van der Waals surface area contributed by atoms with Crippen molar-refractivity contribution in [3.8, 4) is 34.3 Å². The standard InChI is InChI=1S/C32H27F3N4O5/c1-17-13-19(34)5-7-21(17)22-16-39(12-10-33)18(2)28(30(22)40)31(41)37-20-6-8-25(23(35)14-20)44-26-9-11-36-24-15-27(42-3)32(43-4)38-29(24)26/h5-9,11,13-16H,10,12H2,1-4H3,(H,37,41). The first-order chi connectivity index (χ1) is 21.1. The van der Waals surface area contributed by atoms with Gasteiger partial charge < -0.3 is 24.1 Å². The largest absolute Gasteiger partial charge is 0.491 e. The van der Waals surface area contributed by atoms with Crippen molar-refractivity contribution in [1.29, 1.82) is 0 Å². The predicted octanol–water partition coefficient (Wildman–Crippen LogP) is 6.38. The molecule has 44 heavy (non-hydrogen) atoms. The van der Waals surface area contributed by atoms with Gasteiger partial charge in [-0.2, -0.15) is 0 Å². The smallest absolute Gasteiger partial charge is 0.261 e. The highest BCUT2D eigenvalue weighted by atomic mass is 19.1. The fourth-order valence-corrected chi connectivity index (χ4v) is 4.83. The van der Waals surface area contributed by atoms with Crippen molar-refractivity contribution >= 4 is 22.6 Å². The van der Waals surface area contributed by atoms with Crippen molar-refractivity contribution in [2.45, 2.75) is 20.4 Å². The summed E-state index contributed by atoms with van der Waals surface area (Å²) >= 11 is 0. The van der Waals surface area contributed by atoms with Gasteiger partial charge >= 0.3 is 0 Å². The van der Waals surface area contributed by atoms with Crippen LogP contribution in [0.4, 0.5) is 18.9 Å². The summed E-state index contributed by atoms with van der Waals surface area (Å²) in [5.74, 6) is -1.53. The summed E-state index contributed by atoms with van der Waals surface area (Å²) in [4.78, 5) is 35.6. The number of pyridine rings is 3. The number of ether oxygens (including phenoxy) is 3. The fourth-order valence-electron chi connectivity index (χ4n) is 4.83. The van der Waals surface area contributed by atoms with Gasteiger partial charge in [0.2, 0.25) is 5.43 Å². The number of halogens is 3. The zero-order valence-electron chi connectivity index (χ0n) is 24.2. The van der Waals surface area contributed by atoms with Crippen molar-refractivity contribution in [2.24, 2.45) is 0 Å². The Balaban J connectivity index is 1.46. The highest BCUT2D eigenvalue weighted by molar-refractivity contribution is 6.05. The Morgan fingerprint density at radius 1 is 0.955 bits per heavy atom. The molecule has 0 aliphatic rings. The zero-order valence-corrected chi connectivity index (χ0v) is 24.2. The van der Waals surface area contributed by atoms with Gasteiger partial charge in [-0.25, -0.2) is 18.2 Å². The molecule has 1 amide bonds. The highest BCUT2D eigenvalue weighted by Gasteiger charge is 2.22. The Morgan fingerprint density at radius 3 is 2.43 bits per heavy atom. The number of rotatable bonds is 9. The lowest BCUT2D eigenvalue weighted by Crippen LogP contribution is -2.28. The summed E-state index contributed by atoms with van der Waals surface area (Å²) < 4.78 is 60.1. The number of benzene rings is 2. The van der Waals surface area contributed by atoms with Crippen LogP contribution in [0.25, 0.3) is 22.2 Å². The number of alkyl halides is 1. The number of carbonyl (C=O) groups excluding carboxylic acids is 1. The number of amides is 1. The lowest BCUT2D eigenvalue weighted by Gasteiger charge is -2.17. The number of nitrogens with zero attached hydrogens (tertiary/aromatic N) is 3. The molecule has 0 saturated carbocycles. The molecule has 226 valence electrons. The third kappa shape index (κ3) is 5.78. The van der Waals surface area contributed by atoms with Gasteiger partial charge in [-0.15, -0.1) is 0 Å². The van der Waals surface area contributed by atoms with Crippen molar-refractivity contribution in [1.82, 2.24) is 14.5 Å². The lowest BCUT2D eigenvalue weighted by molar-refractivity contribution is 0.102. The summed E-state index contributed by atoms with van der Waals surface area (Å²) in [6.07, 6.45) is 2.92. The second-order valence-electron chi connectivity index (χ2n) is 9.75. The van der Waals surface area contributed by atoms with Crippen molar-refractivity contribution in [2.75, 3.05) is 26.2 Å². The molecule has 0 unspecified atom stereocenters. The van der Waals surface area contributed by atoms with E-state index in [0.29, 0.717) is 27.9 Å². The van der Waals surface area contributed by atoms with Gasteiger partial charge in [0.05, 0.1) is 26.3 Å². The molecule has 0 spiro atoms. The molecule has 3 aromatic heterocycles. The molecule has 12 heteroatoms. The second kappa shape index (κ2) is 12.5. The first-order valence-corrected chi connectivity index (χ1v) is 13.4. The fraction of sp³-hybridized carbons (Fsp3) is 0.188. The van der Waals surface area contributed by atoms with Gasteiger partial charge in [0, 0.05) is 47.5 Å². The maximum atomic E-state index is 15.2. The summed E-state index contributed by atoms with van der Waals surface area (Å²) in [7, 11) is 2.89. The van der Waals surface area contributed by atoms with E-state index >= 15 is 4.39 Å². The number of anilines is 1. The molecule has 1 N–H and O–H groups in total. The maximum Gasteiger partial charge on any atom is 0.261 e. The lowest BCUT2D eigenvalue weighted by atomic mass is 9.98. The molecule has 0 aliphatic heterocycles. The quantitative estimate of drug-likeness (QED) is 0.208. The first-order valence-electron chi connectivity index (χ1n) is 13.4.